The van der Waals surface area contributed by atoms with Crippen LogP contribution in [-0.2, 0) is 0 Å². The lowest BCUT2D eigenvalue weighted by Crippen LogP contribution is -2.19. The molecule has 3 rings (SSSR count). The van der Waals surface area contributed by atoms with E-state index in [0.29, 0.717) is 6.04 Å². The van der Waals surface area contributed by atoms with E-state index >= 15 is 0 Å². The maximum atomic E-state index is 4.78. The van der Waals surface area contributed by atoms with E-state index in [1.54, 1.807) is 0 Å². The fourth-order valence-electron chi connectivity index (χ4n) is 2.41. The number of halogens is 1. The summed E-state index contributed by atoms with van der Waals surface area (Å²) in [5.74, 6) is 1.15. The summed E-state index contributed by atoms with van der Waals surface area (Å²) in [6.07, 6.45) is 2.31. The van der Waals surface area contributed by atoms with Gasteiger partial charge in [0.1, 0.15) is 0 Å². The molecular formula is C16H17BrN2S. The maximum absolute atomic E-state index is 4.78. The van der Waals surface area contributed by atoms with E-state index in [9.17, 15) is 0 Å². The Hall–Kier alpha value is -1.00. The van der Waals surface area contributed by atoms with E-state index in [2.05, 4.69) is 64.6 Å². The van der Waals surface area contributed by atoms with Gasteiger partial charge in [-0.1, -0.05) is 58.9 Å². The molecule has 2 aromatic rings. The van der Waals surface area contributed by atoms with Crippen molar-refractivity contribution in [3.8, 4) is 0 Å². The Balaban J connectivity index is 1.95. The molecule has 0 aliphatic carbocycles. The third-order valence-electron chi connectivity index (χ3n) is 3.57. The molecule has 1 unspecified atom stereocenters. The number of hydrogen-bond donors (Lipinski definition) is 1. The minimum atomic E-state index is 0.473. The van der Waals surface area contributed by atoms with Crippen molar-refractivity contribution in [2.75, 3.05) is 11.1 Å². The van der Waals surface area contributed by atoms with E-state index in [4.69, 9.17) is 4.99 Å². The molecular weight excluding hydrogens is 332 g/mol. The summed E-state index contributed by atoms with van der Waals surface area (Å²) in [5, 5.41) is 7.01. The first-order valence-electron chi connectivity index (χ1n) is 6.93. The van der Waals surface area contributed by atoms with Gasteiger partial charge >= 0.3 is 0 Å². The molecule has 1 aliphatic heterocycles. The molecule has 0 radical (unpaired) electrons. The van der Waals surface area contributed by atoms with Crippen LogP contribution in [0.1, 0.15) is 19.8 Å². The number of aliphatic imine (C=N–C) groups is 1. The Morgan fingerprint density at radius 2 is 2.05 bits per heavy atom. The molecule has 0 spiro atoms. The second kappa shape index (κ2) is 6.19. The lowest BCUT2D eigenvalue weighted by molar-refractivity contribution is 0.634. The second-order valence-corrected chi connectivity index (χ2v) is 6.84. The number of hydrogen-bond acceptors (Lipinski definition) is 3. The molecule has 0 saturated carbocycles. The monoisotopic (exact) mass is 348 g/mol. The first kappa shape index (κ1) is 14.0. The van der Waals surface area contributed by atoms with Crippen LogP contribution < -0.4 is 5.32 Å². The number of amidine groups is 1. The zero-order chi connectivity index (χ0) is 13.9. The fraction of sp³-hybridized carbons (Fsp3) is 0.312. The van der Waals surface area contributed by atoms with E-state index in [0.717, 1.165) is 27.5 Å². The van der Waals surface area contributed by atoms with Crippen molar-refractivity contribution in [3.63, 3.8) is 0 Å². The van der Waals surface area contributed by atoms with Gasteiger partial charge in [-0.15, -0.1) is 0 Å². The normalized spacial score (nSPS) is 18.9. The Kier molecular flexibility index (Phi) is 4.32. The van der Waals surface area contributed by atoms with Crippen LogP contribution in [0.2, 0.25) is 0 Å². The van der Waals surface area contributed by atoms with E-state index in [1.807, 2.05) is 11.8 Å². The van der Waals surface area contributed by atoms with Gasteiger partial charge in [-0.25, -0.2) is 0 Å². The van der Waals surface area contributed by atoms with Crippen LogP contribution in [0.5, 0.6) is 0 Å². The molecule has 2 aromatic carbocycles. The highest BCUT2D eigenvalue weighted by atomic mass is 79.9. The van der Waals surface area contributed by atoms with Gasteiger partial charge in [0.15, 0.2) is 5.17 Å². The summed E-state index contributed by atoms with van der Waals surface area (Å²) in [4.78, 5) is 4.78. The molecule has 4 heteroatoms. The summed E-state index contributed by atoms with van der Waals surface area (Å²) in [7, 11) is 0. The number of rotatable bonds is 2. The first-order chi connectivity index (χ1) is 9.78. The summed E-state index contributed by atoms with van der Waals surface area (Å²) in [6.45, 7) is 2.21. The predicted octanol–water partition coefficient (Wildman–Crippen LogP) is 5.29. The van der Waals surface area contributed by atoms with Crippen LogP contribution in [0.25, 0.3) is 10.8 Å². The molecule has 1 aliphatic rings. The van der Waals surface area contributed by atoms with E-state index in [1.165, 1.54) is 17.2 Å². The zero-order valence-corrected chi connectivity index (χ0v) is 13.8. The van der Waals surface area contributed by atoms with Gasteiger partial charge in [0.25, 0.3) is 0 Å². The number of fused-ring (bicyclic) bond motifs is 1. The molecule has 0 saturated heterocycles. The molecule has 20 heavy (non-hydrogen) atoms. The average molecular weight is 349 g/mol. The summed E-state index contributed by atoms with van der Waals surface area (Å²) in [6, 6.07) is 13.1. The van der Waals surface area contributed by atoms with Crippen LogP contribution in [0, 0.1) is 0 Å². The van der Waals surface area contributed by atoms with Crippen molar-refractivity contribution >= 4 is 49.3 Å². The summed E-state index contributed by atoms with van der Waals surface area (Å²) >= 11 is 5.43. The van der Waals surface area contributed by atoms with Gasteiger partial charge < -0.3 is 5.32 Å². The minimum Gasteiger partial charge on any atom is -0.334 e. The third kappa shape index (κ3) is 2.86. The van der Waals surface area contributed by atoms with Crippen LogP contribution in [0.4, 0.5) is 5.69 Å². The molecule has 1 heterocycles. The molecule has 0 aromatic heterocycles. The third-order valence-corrected chi connectivity index (χ3v) is 5.19. The standard InChI is InChI=1S/C16H17BrN2S/c1-2-11-9-10-20-16(18-11)19-15-8-7-14(17)12-5-3-4-6-13(12)15/h3-8,11H,2,9-10H2,1H3,(H,18,19). The van der Waals surface area contributed by atoms with Crippen molar-refractivity contribution in [1.29, 1.82) is 0 Å². The molecule has 0 amide bonds. The smallest absolute Gasteiger partial charge is 0.161 e. The van der Waals surface area contributed by atoms with Crippen molar-refractivity contribution in [2.24, 2.45) is 4.99 Å². The minimum absolute atomic E-state index is 0.473. The van der Waals surface area contributed by atoms with Gasteiger partial charge in [0, 0.05) is 21.3 Å². The predicted molar refractivity (Wildman–Crippen MR) is 93.9 cm³/mol. The number of benzene rings is 2. The average Bonchev–Trinajstić information content (AvgIpc) is 2.51. The first-order valence-corrected chi connectivity index (χ1v) is 8.70. The van der Waals surface area contributed by atoms with Crippen LogP contribution in [0.3, 0.4) is 0 Å². The quantitative estimate of drug-likeness (QED) is 0.797. The van der Waals surface area contributed by atoms with Crippen molar-refractivity contribution in [2.45, 2.75) is 25.8 Å². The number of thioether (sulfide) groups is 1. The Morgan fingerprint density at radius 3 is 2.85 bits per heavy atom. The highest BCUT2D eigenvalue weighted by molar-refractivity contribution is 9.10. The molecule has 0 fully saturated rings. The second-order valence-electron chi connectivity index (χ2n) is 4.90. The summed E-state index contributed by atoms with van der Waals surface area (Å²) < 4.78 is 1.13. The number of nitrogens with one attached hydrogen (secondary N) is 1. The van der Waals surface area contributed by atoms with Gasteiger partial charge in [0.2, 0.25) is 0 Å². The van der Waals surface area contributed by atoms with Gasteiger partial charge in [-0.3, -0.25) is 4.99 Å². The lowest BCUT2D eigenvalue weighted by atomic mass is 10.1. The van der Waals surface area contributed by atoms with Crippen molar-refractivity contribution < 1.29 is 0 Å². The number of nitrogens with zero attached hydrogens (tertiary/aromatic N) is 1. The van der Waals surface area contributed by atoms with E-state index in [-0.39, 0.29) is 0 Å². The topological polar surface area (TPSA) is 24.4 Å². The highest BCUT2D eigenvalue weighted by Gasteiger charge is 2.15. The van der Waals surface area contributed by atoms with Gasteiger partial charge in [-0.05, 0) is 30.4 Å². The molecule has 1 atom stereocenters. The highest BCUT2D eigenvalue weighted by Crippen LogP contribution is 2.31. The summed E-state index contributed by atoms with van der Waals surface area (Å²) in [5.41, 5.74) is 1.13. The van der Waals surface area contributed by atoms with Crippen LogP contribution in [0.15, 0.2) is 45.9 Å². The Labute approximate surface area is 132 Å². The SMILES string of the molecule is CCC1CCSC(Nc2ccc(Br)c3ccccc23)=N1. The van der Waals surface area contributed by atoms with Crippen molar-refractivity contribution in [3.05, 3.63) is 40.9 Å². The van der Waals surface area contributed by atoms with Crippen LogP contribution in [-0.4, -0.2) is 17.0 Å². The van der Waals surface area contributed by atoms with E-state index < -0.39 is 0 Å². The van der Waals surface area contributed by atoms with Crippen LogP contribution >= 0.6 is 27.7 Å². The Morgan fingerprint density at radius 1 is 1.25 bits per heavy atom. The number of anilines is 1. The lowest BCUT2D eigenvalue weighted by Gasteiger charge is -2.20. The fourth-order valence-corrected chi connectivity index (χ4v) is 3.88. The molecule has 2 nitrogen and oxygen atoms in total. The zero-order valence-electron chi connectivity index (χ0n) is 11.4. The largest absolute Gasteiger partial charge is 0.334 e. The van der Waals surface area contributed by atoms with Crippen molar-refractivity contribution in [1.82, 2.24) is 0 Å². The maximum Gasteiger partial charge on any atom is 0.161 e. The molecule has 0 bridgehead atoms. The molecule has 104 valence electrons. The Bertz CT molecular complexity index is 654. The van der Waals surface area contributed by atoms with Gasteiger partial charge in [0.05, 0.1) is 6.04 Å². The van der Waals surface area contributed by atoms with Gasteiger partial charge in [-0.2, -0.15) is 0 Å². The molecule has 1 N–H and O–H groups in total.